The average Bonchev–Trinajstić information content (AvgIpc) is 2.29. The quantitative estimate of drug-likeness (QED) is 0.840. The van der Waals surface area contributed by atoms with Crippen LogP contribution in [0.25, 0.3) is 6.08 Å². The van der Waals surface area contributed by atoms with Gasteiger partial charge in [0, 0.05) is 5.41 Å². The summed E-state index contributed by atoms with van der Waals surface area (Å²) in [5.41, 5.74) is 7.15. The largest absolute Gasteiger partial charge is 0.480 e. The number of carbonyl (C=O) groups is 1. The van der Waals surface area contributed by atoms with Crippen LogP contribution in [0.3, 0.4) is 0 Å². The highest BCUT2D eigenvalue weighted by Gasteiger charge is 2.33. The molecule has 3 nitrogen and oxygen atoms in total. The average molecular weight is 233 g/mol. The lowest BCUT2D eigenvalue weighted by Gasteiger charge is -2.30. The van der Waals surface area contributed by atoms with Gasteiger partial charge in [-0.05, 0) is 12.5 Å². The summed E-state index contributed by atoms with van der Waals surface area (Å²) in [5.74, 6) is -0.976. The molecule has 0 bridgehead atoms. The van der Waals surface area contributed by atoms with Gasteiger partial charge in [0.05, 0.1) is 0 Å². The summed E-state index contributed by atoms with van der Waals surface area (Å²) in [6, 6.07) is 8.90. The predicted octanol–water partition coefficient (Wildman–Crippen LogP) is 2.53. The van der Waals surface area contributed by atoms with Crippen molar-refractivity contribution in [2.45, 2.75) is 26.8 Å². The van der Waals surface area contributed by atoms with Crippen LogP contribution in [-0.4, -0.2) is 17.1 Å². The van der Waals surface area contributed by atoms with Crippen molar-refractivity contribution in [2.75, 3.05) is 0 Å². The van der Waals surface area contributed by atoms with E-state index >= 15 is 0 Å². The zero-order chi connectivity index (χ0) is 13.1. The fourth-order valence-corrected chi connectivity index (χ4v) is 1.54. The van der Waals surface area contributed by atoms with Crippen molar-refractivity contribution >= 4 is 12.0 Å². The second kappa shape index (κ2) is 5.15. The summed E-state index contributed by atoms with van der Waals surface area (Å²) >= 11 is 0. The van der Waals surface area contributed by atoms with Gasteiger partial charge in [0.25, 0.3) is 0 Å². The van der Waals surface area contributed by atoms with E-state index in [2.05, 4.69) is 0 Å². The van der Waals surface area contributed by atoms with Crippen LogP contribution in [-0.2, 0) is 4.79 Å². The van der Waals surface area contributed by atoms with Crippen LogP contribution in [0, 0.1) is 5.41 Å². The second-order valence-electron chi connectivity index (χ2n) is 4.78. The minimum absolute atomic E-state index is 0.568. The highest BCUT2D eigenvalue weighted by atomic mass is 16.4. The first-order valence-corrected chi connectivity index (χ1v) is 5.58. The number of rotatable bonds is 4. The summed E-state index contributed by atoms with van der Waals surface area (Å²) < 4.78 is 0. The Bertz CT molecular complexity index is 421. The number of carboxylic acid groups (broad SMARTS) is 1. The minimum atomic E-state index is -0.976. The van der Waals surface area contributed by atoms with Crippen LogP contribution >= 0.6 is 0 Å². The van der Waals surface area contributed by atoms with Crippen molar-refractivity contribution < 1.29 is 9.90 Å². The molecule has 0 radical (unpaired) electrons. The third kappa shape index (κ3) is 3.17. The van der Waals surface area contributed by atoms with E-state index < -0.39 is 17.4 Å². The lowest BCUT2D eigenvalue weighted by molar-refractivity contribution is -0.140. The molecular weight excluding hydrogens is 214 g/mol. The van der Waals surface area contributed by atoms with Gasteiger partial charge < -0.3 is 10.8 Å². The first kappa shape index (κ1) is 13.5. The molecule has 0 heterocycles. The molecule has 3 heteroatoms. The Kier molecular flexibility index (Phi) is 4.07. The molecule has 0 aliphatic heterocycles. The standard InChI is InChI=1S/C14H19NO2/c1-10(9-11-7-5-4-6-8-11)14(2,3)12(15)13(16)17/h4-9,12H,15H2,1-3H3,(H,16,17)/b10-9+. The van der Waals surface area contributed by atoms with E-state index in [0.29, 0.717) is 0 Å². The van der Waals surface area contributed by atoms with E-state index in [0.717, 1.165) is 11.1 Å². The van der Waals surface area contributed by atoms with Gasteiger partial charge in [0.2, 0.25) is 0 Å². The molecule has 1 aromatic rings. The van der Waals surface area contributed by atoms with E-state index in [1.165, 1.54) is 0 Å². The third-order valence-electron chi connectivity index (χ3n) is 3.24. The van der Waals surface area contributed by atoms with Crippen molar-refractivity contribution in [2.24, 2.45) is 11.1 Å². The SMILES string of the molecule is C/C(=C\c1ccccc1)C(C)(C)C(N)C(=O)O. The van der Waals surface area contributed by atoms with Gasteiger partial charge >= 0.3 is 5.97 Å². The molecule has 1 aromatic carbocycles. The number of aliphatic carboxylic acids is 1. The van der Waals surface area contributed by atoms with Gasteiger partial charge in [-0.2, -0.15) is 0 Å². The minimum Gasteiger partial charge on any atom is -0.480 e. The summed E-state index contributed by atoms with van der Waals surface area (Å²) in [6.45, 7) is 5.61. The van der Waals surface area contributed by atoms with E-state index in [1.54, 1.807) is 0 Å². The van der Waals surface area contributed by atoms with E-state index in [4.69, 9.17) is 10.8 Å². The molecule has 0 saturated heterocycles. The molecule has 17 heavy (non-hydrogen) atoms. The smallest absolute Gasteiger partial charge is 0.321 e. The van der Waals surface area contributed by atoms with Gasteiger partial charge in [-0.1, -0.05) is 55.8 Å². The number of nitrogens with two attached hydrogens (primary N) is 1. The summed E-state index contributed by atoms with van der Waals surface area (Å²) in [6.07, 6.45) is 1.98. The van der Waals surface area contributed by atoms with Crippen LogP contribution in [0.5, 0.6) is 0 Å². The highest BCUT2D eigenvalue weighted by Crippen LogP contribution is 2.30. The zero-order valence-electron chi connectivity index (χ0n) is 10.5. The lowest BCUT2D eigenvalue weighted by atomic mass is 9.77. The molecule has 0 fully saturated rings. The Labute approximate surface area is 102 Å². The first-order chi connectivity index (χ1) is 7.85. The third-order valence-corrected chi connectivity index (χ3v) is 3.24. The lowest BCUT2D eigenvalue weighted by Crippen LogP contribution is -2.44. The molecule has 0 spiro atoms. The predicted molar refractivity (Wildman–Crippen MR) is 69.5 cm³/mol. The van der Waals surface area contributed by atoms with Crippen LogP contribution in [0.15, 0.2) is 35.9 Å². The van der Waals surface area contributed by atoms with E-state index in [9.17, 15) is 4.79 Å². The molecule has 1 atom stereocenters. The molecule has 1 rings (SSSR count). The summed E-state index contributed by atoms with van der Waals surface area (Å²) in [7, 11) is 0. The Morgan fingerprint density at radius 3 is 2.35 bits per heavy atom. The maximum atomic E-state index is 11.0. The number of hydrogen-bond acceptors (Lipinski definition) is 2. The second-order valence-corrected chi connectivity index (χ2v) is 4.78. The van der Waals surface area contributed by atoms with Gasteiger partial charge in [0.15, 0.2) is 0 Å². The van der Waals surface area contributed by atoms with E-state index in [1.807, 2.05) is 57.2 Å². The molecule has 0 amide bonds. The molecule has 0 saturated carbocycles. The van der Waals surface area contributed by atoms with Crippen molar-refractivity contribution in [1.29, 1.82) is 0 Å². The van der Waals surface area contributed by atoms with E-state index in [-0.39, 0.29) is 0 Å². The van der Waals surface area contributed by atoms with Gasteiger partial charge in [-0.3, -0.25) is 4.79 Å². The maximum Gasteiger partial charge on any atom is 0.321 e. The Balaban J connectivity index is 3.00. The number of carboxylic acids is 1. The van der Waals surface area contributed by atoms with Crippen LogP contribution in [0.4, 0.5) is 0 Å². The maximum absolute atomic E-state index is 11.0. The van der Waals surface area contributed by atoms with Crippen molar-refractivity contribution in [1.82, 2.24) is 0 Å². The summed E-state index contributed by atoms with van der Waals surface area (Å²) in [5, 5.41) is 8.98. The van der Waals surface area contributed by atoms with Crippen LogP contribution in [0.2, 0.25) is 0 Å². The van der Waals surface area contributed by atoms with Crippen molar-refractivity contribution in [3.05, 3.63) is 41.5 Å². The highest BCUT2D eigenvalue weighted by molar-refractivity contribution is 5.75. The molecule has 0 aliphatic carbocycles. The topological polar surface area (TPSA) is 63.3 Å². The van der Waals surface area contributed by atoms with Crippen LogP contribution < -0.4 is 5.73 Å². The number of hydrogen-bond donors (Lipinski definition) is 2. The van der Waals surface area contributed by atoms with Crippen molar-refractivity contribution in [3.8, 4) is 0 Å². The Morgan fingerprint density at radius 1 is 1.35 bits per heavy atom. The molecule has 92 valence electrons. The fourth-order valence-electron chi connectivity index (χ4n) is 1.54. The van der Waals surface area contributed by atoms with Gasteiger partial charge in [0.1, 0.15) is 6.04 Å². The molecule has 0 aromatic heterocycles. The zero-order valence-corrected chi connectivity index (χ0v) is 10.5. The van der Waals surface area contributed by atoms with Crippen LogP contribution in [0.1, 0.15) is 26.3 Å². The fraction of sp³-hybridized carbons (Fsp3) is 0.357. The molecule has 1 unspecified atom stereocenters. The number of benzene rings is 1. The molecule has 0 aliphatic rings. The summed E-state index contributed by atoms with van der Waals surface area (Å²) in [4.78, 5) is 11.0. The van der Waals surface area contributed by atoms with Crippen molar-refractivity contribution in [3.63, 3.8) is 0 Å². The monoisotopic (exact) mass is 233 g/mol. The Hall–Kier alpha value is -1.61. The Morgan fingerprint density at radius 2 is 1.88 bits per heavy atom. The van der Waals surface area contributed by atoms with Gasteiger partial charge in [-0.15, -0.1) is 0 Å². The normalized spacial score (nSPS) is 14.5. The van der Waals surface area contributed by atoms with Gasteiger partial charge in [-0.25, -0.2) is 0 Å². The molecule has 3 N–H and O–H groups in total. The first-order valence-electron chi connectivity index (χ1n) is 5.58. The molecular formula is C14H19NO2.